The molecule has 5 nitrogen and oxygen atoms in total. The number of aryl methyl sites for hydroxylation is 1. The molecule has 0 aliphatic carbocycles. The second-order valence-corrected chi connectivity index (χ2v) is 7.10. The van der Waals surface area contributed by atoms with Crippen LogP contribution in [0.15, 0.2) is 30.6 Å². The van der Waals surface area contributed by atoms with E-state index in [1.807, 2.05) is 30.0 Å². The van der Waals surface area contributed by atoms with Gasteiger partial charge in [0.2, 0.25) is 0 Å². The van der Waals surface area contributed by atoms with E-state index in [2.05, 4.69) is 22.2 Å². The molecule has 2 fully saturated rings. The summed E-state index contributed by atoms with van der Waals surface area (Å²) in [6.45, 7) is 4.16. The Kier molecular flexibility index (Phi) is 3.90. The number of hydrogen-bond acceptors (Lipinski definition) is 3. The molecule has 2 unspecified atom stereocenters. The van der Waals surface area contributed by atoms with E-state index in [1.165, 1.54) is 0 Å². The Balaban J connectivity index is 1.56. The van der Waals surface area contributed by atoms with E-state index in [0.29, 0.717) is 29.5 Å². The lowest BCUT2D eigenvalue weighted by Crippen LogP contribution is -2.39. The van der Waals surface area contributed by atoms with Crippen molar-refractivity contribution >= 4 is 11.7 Å². The number of amides is 2. The topological polar surface area (TPSA) is 58.1 Å². The zero-order chi connectivity index (χ0) is 17.6. The minimum atomic E-state index is -0.468. The van der Waals surface area contributed by atoms with E-state index in [0.717, 1.165) is 42.8 Å². The van der Waals surface area contributed by atoms with Gasteiger partial charge in [0.25, 0.3) is 0 Å². The highest BCUT2D eigenvalue weighted by Crippen LogP contribution is 2.41. The molecular weight excluding hydrogens is 319 g/mol. The molecule has 2 aliphatic rings. The number of fused-ring (bicyclic) bond motifs is 2. The fraction of sp³-hybridized carbons (Fsp3) is 0.421. The number of rotatable bonds is 2. The molecule has 3 atom stereocenters. The van der Waals surface area contributed by atoms with Gasteiger partial charge in [-0.05, 0) is 49.8 Å². The molecule has 2 aromatic rings. The normalized spacial score (nSPS) is 24.6. The van der Waals surface area contributed by atoms with E-state index < -0.39 is 5.82 Å². The van der Waals surface area contributed by atoms with Gasteiger partial charge in [-0.25, -0.2) is 19.2 Å². The number of benzene rings is 1. The third-order valence-corrected chi connectivity index (χ3v) is 5.43. The first-order chi connectivity index (χ1) is 12.0. The van der Waals surface area contributed by atoms with E-state index in [1.54, 1.807) is 0 Å². The molecule has 1 N–H and O–H groups in total. The van der Waals surface area contributed by atoms with Crippen molar-refractivity contribution in [2.45, 2.75) is 45.2 Å². The minimum absolute atomic E-state index is 0.0355. The SMILES string of the molecule is Cc1ccc(NC(=O)N2C3CCC2[C@H](C)C3)cc1-c1ncc(F)cn1. The second-order valence-electron chi connectivity index (χ2n) is 7.10. The van der Waals surface area contributed by atoms with Crippen LogP contribution in [0.1, 0.15) is 31.7 Å². The van der Waals surface area contributed by atoms with Crippen molar-refractivity contribution in [1.29, 1.82) is 0 Å². The number of carbonyl (C=O) groups is 1. The van der Waals surface area contributed by atoms with Crippen LogP contribution in [-0.4, -0.2) is 33.0 Å². The first-order valence-corrected chi connectivity index (χ1v) is 8.71. The largest absolute Gasteiger partial charge is 0.322 e. The molecule has 2 bridgehead atoms. The zero-order valence-corrected chi connectivity index (χ0v) is 14.4. The third kappa shape index (κ3) is 2.86. The summed E-state index contributed by atoms with van der Waals surface area (Å²) in [5.41, 5.74) is 2.47. The Morgan fingerprint density at radius 3 is 2.68 bits per heavy atom. The lowest BCUT2D eigenvalue weighted by molar-refractivity contribution is 0.202. The van der Waals surface area contributed by atoms with E-state index >= 15 is 0 Å². The summed E-state index contributed by atoms with van der Waals surface area (Å²) in [5, 5.41) is 3.01. The molecule has 2 saturated heterocycles. The summed E-state index contributed by atoms with van der Waals surface area (Å²) in [5.74, 6) is 0.556. The average Bonchev–Trinajstić information content (AvgIpc) is 3.14. The van der Waals surface area contributed by atoms with Gasteiger partial charge in [0.15, 0.2) is 11.6 Å². The van der Waals surface area contributed by atoms with Crippen LogP contribution in [0.4, 0.5) is 14.9 Å². The van der Waals surface area contributed by atoms with Crippen molar-refractivity contribution in [1.82, 2.24) is 14.9 Å². The lowest BCUT2D eigenvalue weighted by Gasteiger charge is -2.23. The van der Waals surface area contributed by atoms with Crippen molar-refractivity contribution in [3.63, 3.8) is 0 Å². The number of nitrogens with zero attached hydrogens (tertiary/aromatic N) is 3. The maximum absolute atomic E-state index is 13.1. The molecule has 6 heteroatoms. The van der Waals surface area contributed by atoms with Gasteiger partial charge in [-0.15, -0.1) is 0 Å². The van der Waals surface area contributed by atoms with Crippen molar-refractivity contribution in [2.24, 2.45) is 5.92 Å². The van der Waals surface area contributed by atoms with Gasteiger partial charge in [0.05, 0.1) is 12.4 Å². The average molecular weight is 340 g/mol. The van der Waals surface area contributed by atoms with Crippen LogP contribution in [0.5, 0.6) is 0 Å². The highest BCUT2D eigenvalue weighted by Gasteiger charge is 2.46. The van der Waals surface area contributed by atoms with Gasteiger partial charge in [0, 0.05) is 23.3 Å². The standard InChI is InChI=1S/C19H21FN4O/c1-11-3-4-14(8-16(11)18-21-9-13(20)10-22-18)23-19(25)24-15-5-6-17(24)12(2)7-15/h3-4,8-10,12,15,17H,5-7H2,1-2H3,(H,23,25)/t12-,15?,17?/m1/s1. The molecule has 0 spiro atoms. The summed E-state index contributed by atoms with van der Waals surface area (Å²) >= 11 is 0. The molecule has 25 heavy (non-hydrogen) atoms. The third-order valence-electron chi connectivity index (χ3n) is 5.43. The number of anilines is 1. The zero-order valence-electron chi connectivity index (χ0n) is 14.4. The second kappa shape index (κ2) is 6.10. The summed E-state index contributed by atoms with van der Waals surface area (Å²) < 4.78 is 13.1. The molecule has 0 saturated carbocycles. The summed E-state index contributed by atoms with van der Waals surface area (Å²) in [6, 6.07) is 6.33. The fourth-order valence-electron chi connectivity index (χ4n) is 4.18. The molecule has 2 aliphatic heterocycles. The number of carbonyl (C=O) groups excluding carboxylic acids is 1. The van der Waals surface area contributed by atoms with Crippen LogP contribution >= 0.6 is 0 Å². The van der Waals surface area contributed by atoms with Gasteiger partial charge in [-0.3, -0.25) is 0 Å². The minimum Gasteiger partial charge on any atom is -0.318 e. The van der Waals surface area contributed by atoms with E-state index in [4.69, 9.17) is 0 Å². The first kappa shape index (κ1) is 16.0. The van der Waals surface area contributed by atoms with Gasteiger partial charge < -0.3 is 10.2 Å². The number of halogens is 1. The van der Waals surface area contributed by atoms with Gasteiger partial charge in [-0.2, -0.15) is 0 Å². The van der Waals surface area contributed by atoms with E-state index in [9.17, 15) is 9.18 Å². The number of nitrogens with one attached hydrogen (secondary N) is 1. The highest BCUT2D eigenvalue weighted by atomic mass is 19.1. The quantitative estimate of drug-likeness (QED) is 0.899. The van der Waals surface area contributed by atoms with Crippen molar-refractivity contribution in [2.75, 3.05) is 5.32 Å². The smallest absolute Gasteiger partial charge is 0.318 e. The van der Waals surface area contributed by atoms with Gasteiger partial charge in [0.1, 0.15) is 0 Å². The Morgan fingerprint density at radius 2 is 2.04 bits per heavy atom. The maximum Gasteiger partial charge on any atom is 0.322 e. The van der Waals surface area contributed by atoms with Crippen molar-refractivity contribution in [3.05, 3.63) is 42.0 Å². The molecule has 1 aromatic heterocycles. The Labute approximate surface area is 146 Å². The van der Waals surface area contributed by atoms with Crippen LogP contribution in [-0.2, 0) is 0 Å². The van der Waals surface area contributed by atoms with Crippen LogP contribution < -0.4 is 5.32 Å². The molecule has 2 amide bonds. The summed E-state index contributed by atoms with van der Waals surface area (Å²) in [4.78, 5) is 22.8. The highest BCUT2D eigenvalue weighted by molar-refractivity contribution is 5.91. The predicted octanol–water partition coefficient (Wildman–Crippen LogP) is 4.00. The lowest BCUT2D eigenvalue weighted by atomic mass is 9.91. The summed E-state index contributed by atoms with van der Waals surface area (Å²) in [6.07, 6.45) is 5.60. The number of hydrogen-bond donors (Lipinski definition) is 1. The van der Waals surface area contributed by atoms with Crippen LogP contribution in [0.25, 0.3) is 11.4 Å². The van der Waals surface area contributed by atoms with E-state index in [-0.39, 0.29) is 6.03 Å². The number of aromatic nitrogens is 2. The van der Waals surface area contributed by atoms with Gasteiger partial charge >= 0.3 is 6.03 Å². The van der Waals surface area contributed by atoms with Gasteiger partial charge in [-0.1, -0.05) is 13.0 Å². The van der Waals surface area contributed by atoms with Crippen molar-refractivity contribution in [3.8, 4) is 11.4 Å². The number of urea groups is 1. The predicted molar refractivity (Wildman–Crippen MR) is 93.6 cm³/mol. The van der Waals surface area contributed by atoms with Crippen LogP contribution in [0.2, 0.25) is 0 Å². The Bertz CT molecular complexity index is 808. The molecule has 4 rings (SSSR count). The molecular formula is C19H21FN4O. The fourth-order valence-corrected chi connectivity index (χ4v) is 4.18. The molecule has 130 valence electrons. The monoisotopic (exact) mass is 340 g/mol. The summed E-state index contributed by atoms with van der Waals surface area (Å²) in [7, 11) is 0. The molecule has 1 aromatic carbocycles. The first-order valence-electron chi connectivity index (χ1n) is 8.71. The van der Waals surface area contributed by atoms with Crippen LogP contribution in [0.3, 0.4) is 0 Å². The Morgan fingerprint density at radius 1 is 1.28 bits per heavy atom. The maximum atomic E-state index is 13.1. The Hall–Kier alpha value is -2.50. The van der Waals surface area contributed by atoms with Crippen LogP contribution in [0, 0.1) is 18.7 Å². The van der Waals surface area contributed by atoms with Crippen molar-refractivity contribution < 1.29 is 9.18 Å². The molecule has 3 heterocycles. The molecule has 0 radical (unpaired) electrons.